The lowest BCUT2D eigenvalue weighted by Crippen LogP contribution is -2.25. The minimum absolute atomic E-state index is 0.0205. The molecule has 0 aliphatic heterocycles. The molecule has 0 aliphatic carbocycles. The largest absolute Gasteiger partial charge is 0.301 e. The first-order valence-electron chi connectivity index (χ1n) is 5.19. The van der Waals surface area contributed by atoms with Crippen LogP contribution in [0.4, 0.5) is 8.78 Å². The molecule has 0 aliphatic rings. The third-order valence-corrected chi connectivity index (χ3v) is 3.95. The molecule has 1 aromatic carbocycles. The second-order valence-electron chi connectivity index (χ2n) is 4.19. The van der Waals surface area contributed by atoms with Crippen molar-refractivity contribution in [3.63, 3.8) is 0 Å². The lowest BCUT2D eigenvalue weighted by molar-refractivity contribution is 0.332. The predicted molar refractivity (Wildman–Crippen MR) is 70.1 cm³/mol. The first-order chi connectivity index (χ1) is 8.20. The van der Waals surface area contributed by atoms with Gasteiger partial charge < -0.3 is 4.90 Å². The normalized spacial score (nSPS) is 12.1. The van der Waals surface area contributed by atoms with E-state index in [1.54, 1.807) is 11.9 Å². The summed E-state index contributed by atoms with van der Waals surface area (Å²) in [7, 11) is -1.46. The number of hydrogen-bond acceptors (Lipinski definition) is 3. The van der Waals surface area contributed by atoms with Crippen LogP contribution in [-0.4, -0.2) is 38.9 Å². The number of benzene rings is 1. The molecule has 0 amide bonds. The smallest absolute Gasteiger partial charge is 0.148 e. The standard InChI is InChI=1S/C11H14BrF2NO2S/c1-15(5-6-18(2,16)17)7-8-10(13)4-3-9(12)11(8)14/h3-4H,5-7H2,1-2H3. The van der Waals surface area contributed by atoms with Gasteiger partial charge in [-0.2, -0.15) is 0 Å². The van der Waals surface area contributed by atoms with Crippen LogP contribution < -0.4 is 0 Å². The highest BCUT2D eigenvalue weighted by Crippen LogP contribution is 2.22. The SMILES string of the molecule is CN(CCS(C)(=O)=O)Cc1c(F)ccc(Br)c1F. The molecule has 0 unspecified atom stereocenters. The van der Waals surface area contributed by atoms with Crippen molar-refractivity contribution in [1.82, 2.24) is 4.90 Å². The van der Waals surface area contributed by atoms with Crippen molar-refractivity contribution in [1.29, 1.82) is 0 Å². The van der Waals surface area contributed by atoms with Gasteiger partial charge in [-0.15, -0.1) is 0 Å². The van der Waals surface area contributed by atoms with Crippen molar-refractivity contribution in [2.75, 3.05) is 25.6 Å². The number of rotatable bonds is 5. The van der Waals surface area contributed by atoms with Crippen molar-refractivity contribution in [2.45, 2.75) is 6.54 Å². The average molecular weight is 342 g/mol. The lowest BCUT2D eigenvalue weighted by atomic mass is 10.2. The quantitative estimate of drug-likeness (QED) is 0.770. The molecule has 0 heterocycles. The Kier molecular flexibility index (Phi) is 5.24. The fourth-order valence-corrected chi connectivity index (χ4v) is 2.40. The molecule has 0 atom stereocenters. The van der Waals surface area contributed by atoms with Crippen molar-refractivity contribution in [3.8, 4) is 0 Å². The maximum Gasteiger partial charge on any atom is 0.148 e. The molecule has 0 bridgehead atoms. The number of nitrogens with zero attached hydrogens (tertiary/aromatic N) is 1. The van der Waals surface area contributed by atoms with E-state index < -0.39 is 21.5 Å². The molecule has 0 radical (unpaired) electrons. The van der Waals surface area contributed by atoms with Gasteiger partial charge in [-0.3, -0.25) is 0 Å². The summed E-state index contributed by atoms with van der Waals surface area (Å²) >= 11 is 2.98. The summed E-state index contributed by atoms with van der Waals surface area (Å²) in [6.07, 6.45) is 1.13. The van der Waals surface area contributed by atoms with E-state index in [9.17, 15) is 17.2 Å². The topological polar surface area (TPSA) is 37.4 Å². The molecule has 3 nitrogen and oxygen atoms in total. The van der Waals surface area contributed by atoms with Gasteiger partial charge in [0.2, 0.25) is 0 Å². The second-order valence-corrected chi connectivity index (χ2v) is 7.30. The van der Waals surface area contributed by atoms with Crippen LogP contribution in [0.25, 0.3) is 0 Å². The maximum absolute atomic E-state index is 13.7. The van der Waals surface area contributed by atoms with E-state index in [-0.39, 0.29) is 28.9 Å². The van der Waals surface area contributed by atoms with Gasteiger partial charge in [-0.1, -0.05) is 0 Å². The van der Waals surface area contributed by atoms with Gasteiger partial charge in [-0.25, -0.2) is 17.2 Å². The van der Waals surface area contributed by atoms with Crippen molar-refractivity contribution < 1.29 is 17.2 Å². The van der Waals surface area contributed by atoms with Crippen LogP contribution in [0.2, 0.25) is 0 Å². The Morgan fingerprint density at radius 2 is 1.94 bits per heavy atom. The first-order valence-corrected chi connectivity index (χ1v) is 8.04. The molecular formula is C11H14BrF2NO2S. The van der Waals surface area contributed by atoms with Gasteiger partial charge in [0.15, 0.2) is 0 Å². The summed E-state index contributed by atoms with van der Waals surface area (Å²) in [4.78, 5) is 1.56. The summed E-state index contributed by atoms with van der Waals surface area (Å²) in [5.74, 6) is -1.33. The number of hydrogen-bond donors (Lipinski definition) is 0. The van der Waals surface area contributed by atoms with Crippen LogP contribution in [-0.2, 0) is 16.4 Å². The van der Waals surface area contributed by atoms with E-state index in [4.69, 9.17) is 0 Å². The second kappa shape index (κ2) is 6.08. The molecule has 0 saturated heterocycles. The zero-order valence-electron chi connectivity index (χ0n) is 10.1. The van der Waals surface area contributed by atoms with Crippen LogP contribution >= 0.6 is 15.9 Å². The Bertz CT molecular complexity index is 534. The Morgan fingerprint density at radius 1 is 1.33 bits per heavy atom. The Morgan fingerprint density at radius 3 is 2.50 bits per heavy atom. The van der Waals surface area contributed by atoms with Gasteiger partial charge in [0.25, 0.3) is 0 Å². The fraction of sp³-hybridized carbons (Fsp3) is 0.455. The summed E-state index contributed by atoms with van der Waals surface area (Å²) in [6.45, 7) is 0.247. The highest BCUT2D eigenvalue weighted by Gasteiger charge is 2.15. The highest BCUT2D eigenvalue weighted by molar-refractivity contribution is 9.10. The van der Waals surface area contributed by atoms with E-state index >= 15 is 0 Å². The van der Waals surface area contributed by atoms with E-state index in [0.717, 1.165) is 6.26 Å². The van der Waals surface area contributed by atoms with Crippen LogP contribution in [0.15, 0.2) is 16.6 Å². The van der Waals surface area contributed by atoms with Gasteiger partial charge in [0, 0.05) is 24.9 Å². The molecular weight excluding hydrogens is 328 g/mol. The fourth-order valence-electron chi connectivity index (χ4n) is 1.38. The van der Waals surface area contributed by atoms with Crippen molar-refractivity contribution >= 4 is 25.8 Å². The third-order valence-electron chi connectivity index (χ3n) is 2.41. The molecule has 0 fully saturated rings. The van der Waals surface area contributed by atoms with Crippen molar-refractivity contribution in [3.05, 3.63) is 33.8 Å². The van der Waals surface area contributed by atoms with Crippen LogP contribution in [0.1, 0.15) is 5.56 Å². The minimum Gasteiger partial charge on any atom is -0.301 e. The summed E-state index contributed by atoms with van der Waals surface area (Å²) in [5, 5.41) is 0. The van der Waals surface area contributed by atoms with Gasteiger partial charge in [0.1, 0.15) is 21.5 Å². The average Bonchev–Trinajstić information content (AvgIpc) is 2.26. The zero-order chi connectivity index (χ0) is 13.9. The molecule has 1 aromatic rings. The predicted octanol–water partition coefficient (Wildman–Crippen LogP) is 2.20. The molecule has 1 rings (SSSR count). The summed E-state index contributed by atoms with van der Waals surface area (Å²) in [5.41, 5.74) is -0.0691. The van der Waals surface area contributed by atoms with Crippen LogP contribution in [0.3, 0.4) is 0 Å². The molecule has 0 aromatic heterocycles. The maximum atomic E-state index is 13.7. The number of halogens is 3. The zero-order valence-corrected chi connectivity index (χ0v) is 12.5. The molecule has 7 heteroatoms. The highest BCUT2D eigenvalue weighted by atomic mass is 79.9. The third kappa shape index (κ3) is 4.62. The molecule has 18 heavy (non-hydrogen) atoms. The van der Waals surface area contributed by atoms with E-state index in [2.05, 4.69) is 15.9 Å². The minimum atomic E-state index is -3.08. The van der Waals surface area contributed by atoms with Gasteiger partial charge in [0.05, 0.1) is 10.2 Å². The Hall–Kier alpha value is -0.530. The monoisotopic (exact) mass is 341 g/mol. The van der Waals surface area contributed by atoms with Gasteiger partial charge >= 0.3 is 0 Å². The summed E-state index contributed by atoms with van der Waals surface area (Å²) in [6, 6.07) is 2.47. The van der Waals surface area contributed by atoms with Crippen LogP contribution in [0.5, 0.6) is 0 Å². The Labute approximate surface area is 114 Å². The summed E-state index contributed by atoms with van der Waals surface area (Å²) < 4.78 is 49.3. The first kappa shape index (κ1) is 15.5. The molecule has 0 N–H and O–H groups in total. The molecule has 0 spiro atoms. The Balaban J connectivity index is 2.76. The van der Waals surface area contributed by atoms with Gasteiger partial charge in [-0.05, 0) is 35.1 Å². The lowest BCUT2D eigenvalue weighted by Gasteiger charge is -2.17. The number of sulfone groups is 1. The van der Waals surface area contributed by atoms with E-state index in [1.807, 2.05) is 0 Å². The molecule has 0 saturated carbocycles. The van der Waals surface area contributed by atoms with E-state index in [0.29, 0.717) is 0 Å². The van der Waals surface area contributed by atoms with Crippen LogP contribution in [0, 0.1) is 11.6 Å². The molecule has 102 valence electrons. The van der Waals surface area contributed by atoms with E-state index in [1.165, 1.54) is 12.1 Å². The van der Waals surface area contributed by atoms with Crippen molar-refractivity contribution in [2.24, 2.45) is 0 Å².